The Balaban J connectivity index is 1.78. The summed E-state index contributed by atoms with van der Waals surface area (Å²) < 4.78 is 33.1. The lowest BCUT2D eigenvalue weighted by Crippen LogP contribution is -2.75. The molecule has 21 heavy (non-hydrogen) atoms. The van der Waals surface area contributed by atoms with Gasteiger partial charge in [0.2, 0.25) is 10.0 Å². The summed E-state index contributed by atoms with van der Waals surface area (Å²) in [4.78, 5) is 11.6. The molecular formula is C15H21NO4S. The van der Waals surface area contributed by atoms with Gasteiger partial charge < -0.3 is 4.74 Å². The largest absolute Gasteiger partial charge is 0.457 e. The molecule has 5 rings (SSSR count). The van der Waals surface area contributed by atoms with Gasteiger partial charge in [-0.05, 0) is 39.5 Å². The molecule has 4 saturated carbocycles. The van der Waals surface area contributed by atoms with Crippen molar-refractivity contribution in [3.05, 3.63) is 12.7 Å². The van der Waals surface area contributed by atoms with E-state index in [-0.39, 0.29) is 28.7 Å². The standard InChI is InChI=1S/C15H21NO4S/c1-5-10(17)20-12-11-8-6-9-15(11,7-8)13(12)16(14(2,3)4)21(9,18)19/h5,8-9,11-13H,1,6-7H2,2-4H3. The Morgan fingerprint density at radius 2 is 2.10 bits per heavy atom. The van der Waals surface area contributed by atoms with Crippen LogP contribution >= 0.6 is 0 Å². The molecule has 4 aliphatic carbocycles. The van der Waals surface area contributed by atoms with Crippen LogP contribution in [0.4, 0.5) is 0 Å². The van der Waals surface area contributed by atoms with E-state index in [1.165, 1.54) is 0 Å². The molecule has 2 bridgehead atoms. The molecule has 1 spiro atoms. The number of nitrogens with zero attached hydrogens (tertiary/aromatic N) is 1. The van der Waals surface area contributed by atoms with Gasteiger partial charge in [-0.15, -0.1) is 0 Å². The van der Waals surface area contributed by atoms with Crippen molar-refractivity contribution in [3.8, 4) is 0 Å². The van der Waals surface area contributed by atoms with Crippen molar-refractivity contribution in [1.82, 2.24) is 4.31 Å². The second-order valence-electron chi connectivity index (χ2n) is 7.89. The van der Waals surface area contributed by atoms with Crippen molar-refractivity contribution in [2.24, 2.45) is 17.3 Å². The lowest BCUT2D eigenvalue weighted by molar-refractivity contribution is -0.236. The van der Waals surface area contributed by atoms with Crippen molar-refractivity contribution < 1.29 is 17.9 Å². The number of carbonyl (C=O) groups excluding carboxylic acids is 1. The second-order valence-corrected chi connectivity index (χ2v) is 9.88. The molecule has 0 radical (unpaired) electrons. The van der Waals surface area contributed by atoms with Gasteiger partial charge in [-0.25, -0.2) is 13.2 Å². The van der Waals surface area contributed by atoms with Gasteiger partial charge in [0, 0.05) is 22.9 Å². The summed E-state index contributed by atoms with van der Waals surface area (Å²) in [6.07, 6.45) is 2.57. The molecule has 0 N–H and O–H groups in total. The molecule has 5 nitrogen and oxygen atoms in total. The summed E-state index contributed by atoms with van der Waals surface area (Å²) in [5.41, 5.74) is -0.639. The van der Waals surface area contributed by atoms with Crippen molar-refractivity contribution in [2.45, 2.75) is 56.5 Å². The minimum Gasteiger partial charge on any atom is -0.457 e. The highest BCUT2D eigenvalue weighted by molar-refractivity contribution is 7.90. The molecule has 0 aromatic heterocycles. The Bertz CT molecular complexity index is 649. The van der Waals surface area contributed by atoms with Gasteiger partial charge in [0.1, 0.15) is 6.10 Å². The lowest BCUT2D eigenvalue weighted by Gasteiger charge is -2.65. The Morgan fingerprint density at radius 1 is 1.43 bits per heavy atom. The minimum absolute atomic E-state index is 0.150. The van der Waals surface area contributed by atoms with Crippen LogP contribution < -0.4 is 0 Å². The predicted molar refractivity (Wildman–Crippen MR) is 76.8 cm³/mol. The van der Waals surface area contributed by atoms with Crippen molar-refractivity contribution >= 4 is 16.0 Å². The summed E-state index contributed by atoms with van der Waals surface area (Å²) in [5, 5.41) is -0.261. The molecule has 1 saturated heterocycles. The Labute approximate surface area is 125 Å². The molecule has 6 unspecified atom stereocenters. The number of ether oxygens (including phenoxy) is 1. The number of carbonyl (C=O) groups is 1. The van der Waals surface area contributed by atoms with Crippen molar-refractivity contribution in [1.29, 1.82) is 0 Å². The zero-order chi connectivity index (χ0) is 15.4. The van der Waals surface area contributed by atoms with Crippen molar-refractivity contribution in [3.63, 3.8) is 0 Å². The summed E-state index contributed by atoms with van der Waals surface area (Å²) in [7, 11) is -3.31. The topological polar surface area (TPSA) is 63.7 Å². The normalized spacial score (nSPS) is 49.0. The molecule has 1 aliphatic heterocycles. The van der Waals surface area contributed by atoms with E-state index in [1.54, 1.807) is 4.31 Å². The molecule has 6 atom stereocenters. The summed E-state index contributed by atoms with van der Waals surface area (Å²) in [6, 6.07) is -0.180. The molecule has 116 valence electrons. The first kappa shape index (κ1) is 13.8. The van der Waals surface area contributed by atoms with Crippen LogP contribution in [0.3, 0.4) is 0 Å². The first-order valence-electron chi connectivity index (χ1n) is 7.52. The van der Waals surface area contributed by atoms with E-state index in [0.717, 1.165) is 18.9 Å². The molecule has 6 heteroatoms. The average molecular weight is 311 g/mol. The summed E-state index contributed by atoms with van der Waals surface area (Å²) in [6.45, 7) is 9.18. The van der Waals surface area contributed by atoms with E-state index >= 15 is 0 Å². The molecule has 0 aromatic carbocycles. The first-order valence-corrected chi connectivity index (χ1v) is 9.02. The molecule has 0 amide bonds. The second kappa shape index (κ2) is 3.54. The third kappa shape index (κ3) is 1.28. The molecule has 5 aliphatic rings. The fourth-order valence-electron chi connectivity index (χ4n) is 5.70. The van der Waals surface area contributed by atoms with Crippen LogP contribution in [0.25, 0.3) is 0 Å². The predicted octanol–water partition coefficient (Wildman–Crippen LogP) is 1.31. The maximum absolute atomic E-state index is 13.0. The third-order valence-electron chi connectivity index (χ3n) is 6.04. The Morgan fingerprint density at radius 3 is 2.67 bits per heavy atom. The SMILES string of the molecule is C=CC(=O)OC1C2C3CC4C2(C3)C1N(C(C)(C)C)S4(=O)=O. The van der Waals surface area contributed by atoms with Crippen LogP contribution in [0.2, 0.25) is 0 Å². The van der Waals surface area contributed by atoms with Gasteiger partial charge in [0.15, 0.2) is 0 Å². The monoisotopic (exact) mass is 311 g/mol. The molecule has 5 fully saturated rings. The number of hydrogen-bond acceptors (Lipinski definition) is 4. The van der Waals surface area contributed by atoms with Crippen LogP contribution in [0.15, 0.2) is 12.7 Å². The fraction of sp³-hybridized carbons (Fsp3) is 0.800. The van der Waals surface area contributed by atoms with E-state index in [2.05, 4.69) is 6.58 Å². The number of rotatable bonds is 2. The van der Waals surface area contributed by atoms with Crippen LogP contribution in [0.1, 0.15) is 33.6 Å². The van der Waals surface area contributed by atoms with Crippen LogP contribution in [0.5, 0.6) is 0 Å². The summed E-state index contributed by atoms with van der Waals surface area (Å²) >= 11 is 0. The highest BCUT2D eigenvalue weighted by atomic mass is 32.2. The lowest BCUT2D eigenvalue weighted by atomic mass is 9.43. The van der Waals surface area contributed by atoms with Gasteiger partial charge in [0.25, 0.3) is 0 Å². The van der Waals surface area contributed by atoms with Crippen LogP contribution in [-0.4, -0.2) is 41.6 Å². The third-order valence-corrected chi connectivity index (χ3v) is 8.72. The number of hydrogen-bond donors (Lipinski definition) is 0. The minimum atomic E-state index is -3.31. The Hall–Kier alpha value is -0.880. The maximum atomic E-state index is 13.0. The smallest absolute Gasteiger partial charge is 0.330 e. The van der Waals surface area contributed by atoms with Gasteiger partial charge >= 0.3 is 5.97 Å². The number of esters is 1. The highest BCUT2D eigenvalue weighted by Gasteiger charge is 2.88. The average Bonchev–Trinajstić information content (AvgIpc) is 2.91. The maximum Gasteiger partial charge on any atom is 0.330 e. The molecule has 0 aromatic rings. The van der Waals surface area contributed by atoms with E-state index < -0.39 is 21.5 Å². The quantitative estimate of drug-likeness (QED) is 0.570. The van der Waals surface area contributed by atoms with Crippen molar-refractivity contribution in [2.75, 3.05) is 0 Å². The van der Waals surface area contributed by atoms with Crippen LogP contribution in [-0.2, 0) is 19.6 Å². The zero-order valence-electron chi connectivity index (χ0n) is 12.6. The van der Waals surface area contributed by atoms with Gasteiger partial charge in [-0.3, -0.25) is 0 Å². The first-order chi connectivity index (χ1) is 9.65. The summed E-state index contributed by atoms with van der Waals surface area (Å²) in [5.74, 6) is 0.195. The van der Waals surface area contributed by atoms with E-state index in [0.29, 0.717) is 5.92 Å². The van der Waals surface area contributed by atoms with Gasteiger partial charge in [-0.1, -0.05) is 6.58 Å². The van der Waals surface area contributed by atoms with E-state index in [9.17, 15) is 13.2 Å². The Kier molecular flexibility index (Phi) is 2.32. The highest BCUT2D eigenvalue weighted by Crippen LogP contribution is 2.80. The zero-order valence-corrected chi connectivity index (χ0v) is 13.4. The van der Waals surface area contributed by atoms with Gasteiger partial charge in [-0.2, -0.15) is 4.31 Å². The van der Waals surface area contributed by atoms with Gasteiger partial charge in [0.05, 0.1) is 11.3 Å². The van der Waals surface area contributed by atoms with Crippen LogP contribution in [0, 0.1) is 17.3 Å². The number of sulfonamides is 1. The molecule has 1 heterocycles. The van der Waals surface area contributed by atoms with E-state index in [1.807, 2.05) is 20.8 Å². The molecular weight excluding hydrogens is 290 g/mol. The van der Waals surface area contributed by atoms with E-state index in [4.69, 9.17) is 4.74 Å². The fourth-order valence-corrected chi connectivity index (χ4v) is 8.81.